The topological polar surface area (TPSA) is 63.2 Å². The normalized spacial score (nSPS) is 11.5. The number of hydrogen-bond donors (Lipinski definition) is 1. The number of nitrogens with one attached hydrogen (secondary N) is 1. The van der Waals surface area contributed by atoms with E-state index in [1.54, 1.807) is 6.07 Å². The van der Waals surface area contributed by atoms with Crippen LogP contribution >= 0.6 is 0 Å². The van der Waals surface area contributed by atoms with Crippen molar-refractivity contribution >= 4 is 15.7 Å². The second-order valence-corrected chi connectivity index (χ2v) is 6.56. The molecule has 0 bridgehead atoms. The Morgan fingerprint density at radius 3 is 2.30 bits per heavy atom. The minimum Gasteiger partial charge on any atom is -0.348 e. The summed E-state index contributed by atoms with van der Waals surface area (Å²) in [5, 5.41) is 2.52. The van der Waals surface area contributed by atoms with E-state index in [-0.39, 0.29) is 12.1 Å². The minimum absolute atomic E-state index is 0.0771. The van der Waals surface area contributed by atoms with Crippen LogP contribution in [0, 0.1) is 5.82 Å². The molecule has 0 aliphatic carbocycles. The molecule has 0 aromatic heterocycles. The van der Waals surface area contributed by atoms with Gasteiger partial charge in [-0.25, -0.2) is 12.8 Å². The fourth-order valence-corrected chi connectivity index (χ4v) is 2.55. The van der Waals surface area contributed by atoms with Gasteiger partial charge in [0, 0.05) is 12.1 Å². The molecule has 1 N–H and O–H groups in total. The highest BCUT2D eigenvalue weighted by atomic mass is 32.2. The third kappa shape index (κ3) is 4.10. The van der Waals surface area contributed by atoms with Crippen LogP contribution in [0.5, 0.6) is 0 Å². The largest absolute Gasteiger partial charge is 0.348 e. The maximum Gasteiger partial charge on any atom is 0.341 e. The van der Waals surface area contributed by atoms with Crippen LogP contribution in [0.1, 0.15) is 15.9 Å². The maximum atomic E-state index is 13.0. The fourth-order valence-electron chi connectivity index (χ4n) is 1.83. The summed E-state index contributed by atoms with van der Waals surface area (Å²) in [6.07, 6.45) is 0. The molecule has 0 saturated heterocycles. The maximum absolute atomic E-state index is 13.0. The first-order chi connectivity index (χ1) is 10.8. The predicted molar refractivity (Wildman–Crippen MR) is 77.2 cm³/mol. The van der Waals surface area contributed by atoms with Crippen LogP contribution in [-0.4, -0.2) is 20.1 Å². The summed E-state index contributed by atoms with van der Waals surface area (Å²) in [5.74, 6) is -4.48. The molecule has 0 aliphatic heterocycles. The van der Waals surface area contributed by atoms with Crippen molar-refractivity contribution in [3.8, 4) is 0 Å². The molecule has 0 fully saturated rings. The number of amides is 1. The number of carbonyl (C=O) groups is 1. The lowest BCUT2D eigenvalue weighted by molar-refractivity contribution is 0.0950. The van der Waals surface area contributed by atoms with E-state index in [0.29, 0.717) is 5.56 Å². The highest BCUT2D eigenvalue weighted by molar-refractivity contribution is 7.91. The van der Waals surface area contributed by atoms with Gasteiger partial charge in [-0.05, 0) is 42.0 Å². The number of benzene rings is 2. The molecule has 8 heteroatoms. The van der Waals surface area contributed by atoms with E-state index >= 15 is 0 Å². The summed E-state index contributed by atoms with van der Waals surface area (Å²) < 4.78 is 60.3. The zero-order valence-electron chi connectivity index (χ0n) is 11.7. The summed E-state index contributed by atoms with van der Waals surface area (Å²) in [5.41, 5.74) is 0.657. The van der Waals surface area contributed by atoms with E-state index in [2.05, 4.69) is 5.32 Å². The number of alkyl halides is 2. The Kier molecular flexibility index (Phi) is 5.05. The number of sulfone groups is 1. The van der Waals surface area contributed by atoms with Crippen molar-refractivity contribution in [3.05, 3.63) is 65.5 Å². The van der Waals surface area contributed by atoms with Gasteiger partial charge in [0.25, 0.3) is 5.91 Å². The Morgan fingerprint density at radius 1 is 1.09 bits per heavy atom. The zero-order chi connectivity index (χ0) is 17.0. The number of carbonyl (C=O) groups excluding carboxylic acids is 1. The molecular formula is C15H12F3NO3S. The van der Waals surface area contributed by atoms with Crippen LogP contribution in [0.25, 0.3) is 0 Å². The van der Waals surface area contributed by atoms with Crippen LogP contribution in [0.4, 0.5) is 13.2 Å². The van der Waals surface area contributed by atoms with Gasteiger partial charge in [-0.2, -0.15) is 8.78 Å². The van der Waals surface area contributed by atoms with Crippen molar-refractivity contribution in [3.63, 3.8) is 0 Å². The highest BCUT2D eigenvalue weighted by Crippen LogP contribution is 2.18. The molecule has 0 saturated carbocycles. The van der Waals surface area contributed by atoms with Crippen LogP contribution in [0.2, 0.25) is 0 Å². The van der Waals surface area contributed by atoms with Gasteiger partial charge in [0.05, 0.1) is 4.90 Å². The van der Waals surface area contributed by atoms with E-state index in [9.17, 15) is 26.4 Å². The van der Waals surface area contributed by atoms with Crippen molar-refractivity contribution in [2.75, 3.05) is 0 Å². The smallest absolute Gasteiger partial charge is 0.341 e. The van der Waals surface area contributed by atoms with Gasteiger partial charge >= 0.3 is 5.76 Å². The van der Waals surface area contributed by atoms with Gasteiger partial charge in [0.2, 0.25) is 9.84 Å². The zero-order valence-corrected chi connectivity index (χ0v) is 12.5. The van der Waals surface area contributed by atoms with Crippen LogP contribution in [0.15, 0.2) is 53.4 Å². The second kappa shape index (κ2) is 6.82. The van der Waals surface area contributed by atoms with E-state index in [1.165, 1.54) is 18.2 Å². The van der Waals surface area contributed by atoms with Crippen molar-refractivity contribution in [2.24, 2.45) is 0 Å². The predicted octanol–water partition coefficient (Wildman–Crippen LogP) is 2.75. The minimum atomic E-state index is -4.69. The molecule has 122 valence electrons. The third-order valence-corrected chi connectivity index (χ3v) is 4.42. The third-order valence-electron chi connectivity index (χ3n) is 3.02. The first-order valence-corrected chi connectivity index (χ1v) is 8.00. The lowest BCUT2D eigenvalue weighted by Gasteiger charge is -2.07. The van der Waals surface area contributed by atoms with Crippen molar-refractivity contribution in [1.82, 2.24) is 5.32 Å². The Hall–Kier alpha value is -2.35. The van der Waals surface area contributed by atoms with Gasteiger partial charge < -0.3 is 5.32 Å². The first kappa shape index (κ1) is 17.0. The standard InChI is InChI=1S/C15H12F3NO3S/c16-12-3-1-2-10(8-12)9-19-14(20)11-4-6-13(7-5-11)23(21,22)15(17)18/h1-8,15H,9H2,(H,19,20). The van der Waals surface area contributed by atoms with Gasteiger partial charge in [0.15, 0.2) is 0 Å². The average Bonchev–Trinajstić information content (AvgIpc) is 2.52. The quantitative estimate of drug-likeness (QED) is 0.908. The lowest BCUT2D eigenvalue weighted by atomic mass is 10.2. The Labute approximate surface area is 130 Å². The summed E-state index contributed by atoms with van der Waals surface area (Å²) in [6.45, 7) is 0.0771. The summed E-state index contributed by atoms with van der Waals surface area (Å²) in [4.78, 5) is 11.3. The fraction of sp³-hybridized carbons (Fsp3) is 0.133. The molecule has 2 rings (SSSR count). The van der Waals surface area contributed by atoms with Crippen molar-refractivity contribution in [2.45, 2.75) is 17.2 Å². The van der Waals surface area contributed by atoms with Gasteiger partial charge in [0.1, 0.15) is 5.82 Å². The molecule has 0 spiro atoms. The van der Waals surface area contributed by atoms with E-state index < -0.39 is 32.2 Å². The molecule has 2 aromatic rings. The molecule has 4 nitrogen and oxygen atoms in total. The van der Waals surface area contributed by atoms with Crippen molar-refractivity contribution < 1.29 is 26.4 Å². The summed E-state index contributed by atoms with van der Waals surface area (Å²) >= 11 is 0. The van der Waals surface area contributed by atoms with Gasteiger partial charge in [-0.15, -0.1) is 0 Å². The van der Waals surface area contributed by atoms with E-state index in [0.717, 1.165) is 24.3 Å². The van der Waals surface area contributed by atoms with Crippen LogP contribution in [0.3, 0.4) is 0 Å². The number of rotatable bonds is 5. The first-order valence-electron chi connectivity index (χ1n) is 6.45. The summed E-state index contributed by atoms with van der Waals surface area (Å²) in [7, 11) is -4.69. The van der Waals surface area contributed by atoms with E-state index in [4.69, 9.17) is 0 Å². The molecule has 0 heterocycles. The Bertz CT molecular complexity index is 805. The molecule has 0 aliphatic rings. The number of hydrogen-bond acceptors (Lipinski definition) is 3. The monoisotopic (exact) mass is 343 g/mol. The van der Waals surface area contributed by atoms with Gasteiger partial charge in [-0.1, -0.05) is 12.1 Å². The number of halogens is 3. The summed E-state index contributed by atoms with van der Waals surface area (Å²) in [6, 6.07) is 9.82. The highest BCUT2D eigenvalue weighted by Gasteiger charge is 2.26. The van der Waals surface area contributed by atoms with Gasteiger partial charge in [-0.3, -0.25) is 4.79 Å². The molecule has 2 aromatic carbocycles. The lowest BCUT2D eigenvalue weighted by Crippen LogP contribution is -2.23. The molecular weight excluding hydrogens is 331 g/mol. The Balaban J connectivity index is 2.06. The van der Waals surface area contributed by atoms with Crippen LogP contribution < -0.4 is 5.32 Å². The SMILES string of the molecule is O=C(NCc1cccc(F)c1)c1ccc(S(=O)(=O)C(F)F)cc1. The molecule has 0 unspecified atom stereocenters. The van der Waals surface area contributed by atoms with Crippen LogP contribution in [-0.2, 0) is 16.4 Å². The molecule has 23 heavy (non-hydrogen) atoms. The molecule has 0 atom stereocenters. The second-order valence-electron chi connectivity index (χ2n) is 4.64. The Morgan fingerprint density at radius 2 is 1.74 bits per heavy atom. The molecule has 0 radical (unpaired) electrons. The average molecular weight is 343 g/mol. The molecule has 1 amide bonds. The van der Waals surface area contributed by atoms with E-state index in [1.807, 2.05) is 0 Å². The van der Waals surface area contributed by atoms with Crippen molar-refractivity contribution in [1.29, 1.82) is 0 Å².